The predicted octanol–water partition coefficient (Wildman–Crippen LogP) is 2.81. The molecule has 2 N–H and O–H groups in total. The third kappa shape index (κ3) is 1.84. The van der Waals surface area contributed by atoms with Crippen LogP contribution in [0, 0.1) is 0 Å². The number of halogens is 1. The fraction of sp³-hybridized carbons (Fsp3) is 0.357. The van der Waals surface area contributed by atoms with E-state index in [1.165, 1.54) is 5.69 Å². The van der Waals surface area contributed by atoms with Crippen molar-refractivity contribution >= 4 is 28.2 Å². The van der Waals surface area contributed by atoms with Crippen molar-refractivity contribution < 1.29 is 0 Å². The second kappa shape index (κ2) is 4.41. The van der Waals surface area contributed by atoms with E-state index in [0.29, 0.717) is 6.04 Å². The van der Waals surface area contributed by atoms with Crippen molar-refractivity contribution in [3.63, 3.8) is 0 Å². The first-order valence-electron chi connectivity index (χ1n) is 6.23. The average Bonchev–Trinajstić information content (AvgIpc) is 2.69. The lowest BCUT2D eigenvalue weighted by atomic mass is 10.1. The Morgan fingerprint density at radius 2 is 2.22 bits per heavy atom. The number of fused-ring (bicyclic) bond motifs is 1. The number of hydrogen-bond donors (Lipinski definition) is 1. The summed E-state index contributed by atoms with van der Waals surface area (Å²) in [6.45, 7) is 3.18. The molecule has 3 rings (SSSR count). The van der Waals surface area contributed by atoms with E-state index >= 15 is 0 Å². The summed E-state index contributed by atoms with van der Waals surface area (Å²) in [7, 11) is 0. The van der Waals surface area contributed by atoms with Gasteiger partial charge in [-0.25, -0.2) is 0 Å². The first kappa shape index (κ1) is 11.8. The summed E-state index contributed by atoms with van der Waals surface area (Å²) >= 11 is 6.01. The van der Waals surface area contributed by atoms with Crippen LogP contribution in [-0.4, -0.2) is 23.6 Å². The van der Waals surface area contributed by atoms with Gasteiger partial charge in [-0.1, -0.05) is 11.6 Å². The smallest absolute Gasteiger partial charge is 0.0737 e. The molecule has 2 aromatic rings. The van der Waals surface area contributed by atoms with Crippen molar-refractivity contribution in [1.29, 1.82) is 0 Å². The molecule has 1 aliphatic rings. The van der Waals surface area contributed by atoms with Gasteiger partial charge < -0.3 is 10.6 Å². The van der Waals surface area contributed by atoms with Crippen LogP contribution < -0.4 is 10.6 Å². The average molecular weight is 262 g/mol. The highest BCUT2D eigenvalue weighted by atomic mass is 35.5. The molecular weight excluding hydrogens is 246 g/mol. The first-order valence-corrected chi connectivity index (χ1v) is 6.61. The number of benzene rings is 1. The minimum atomic E-state index is 0.250. The lowest BCUT2D eigenvalue weighted by Crippen LogP contribution is -2.36. The van der Waals surface area contributed by atoms with Crippen LogP contribution in [0.2, 0.25) is 5.02 Å². The summed E-state index contributed by atoms with van der Waals surface area (Å²) in [4.78, 5) is 6.74. The number of nitrogens with zero attached hydrogens (tertiary/aromatic N) is 2. The maximum Gasteiger partial charge on any atom is 0.0737 e. The molecule has 1 aromatic carbocycles. The molecule has 0 saturated carbocycles. The van der Waals surface area contributed by atoms with Gasteiger partial charge in [0.25, 0.3) is 0 Å². The van der Waals surface area contributed by atoms with Crippen LogP contribution in [0.5, 0.6) is 0 Å². The molecule has 2 unspecified atom stereocenters. The van der Waals surface area contributed by atoms with Gasteiger partial charge in [0.1, 0.15) is 0 Å². The normalized spacial score (nSPS) is 23.8. The van der Waals surface area contributed by atoms with Gasteiger partial charge in [0.05, 0.1) is 5.52 Å². The van der Waals surface area contributed by atoms with Crippen molar-refractivity contribution in [2.75, 3.05) is 11.4 Å². The maximum atomic E-state index is 6.10. The summed E-state index contributed by atoms with van der Waals surface area (Å²) in [6, 6.07) is 8.53. The van der Waals surface area contributed by atoms with E-state index < -0.39 is 0 Å². The Morgan fingerprint density at radius 3 is 2.94 bits per heavy atom. The second-order valence-corrected chi connectivity index (χ2v) is 5.31. The molecule has 4 heteroatoms. The Morgan fingerprint density at radius 1 is 1.39 bits per heavy atom. The first-order chi connectivity index (χ1) is 8.66. The van der Waals surface area contributed by atoms with Crippen molar-refractivity contribution in [2.45, 2.75) is 25.4 Å². The molecule has 0 aliphatic carbocycles. The van der Waals surface area contributed by atoms with Gasteiger partial charge in [0.15, 0.2) is 0 Å². The number of anilines is 1. The molecule has 0 amide bonds. The minimum Gasteiger partial charge on any atom is -0.367 e. The second-order valence-electron chi connectivity index (χ2n) is 4.88. The van der Waals surface area contributed by atoms with Gasteiger partial charge >= 0.3 is 0 Å². The van der Waals surface area contributed by atoms with Gasteiger partial charge in [-0.3, -0.25) is 4.98 Å². The Kier molecular flexibility index (Phi) is 2.88. The van der Waals surface area contributed by atoms with E-state index in [1.807, 2.05) is 24.4 Å². The fourth-order valence-corrected chi connectivity index (χ4v) is 2.83. The quantitative estimate of drug-likeness (QED) is 0.858. The van der Waals surface area contributed by atoms with Crippen LogP contribution in [0.1, 0.15) is 13.3 Å². The van der Waals surface area contributed by atoms with Crippen LogP contribution >= 0.6 is 11.6 Å². The zero-order valence-electron chi connectivity index (χ0n) is 10.3. The van der Waals surface area contributed by atoms with Gasteiger partial charge in [0, 0.05) is 40.9 Å². The van der Waals surface area contributed by atoms with Crippen LogP contribution in [-0.2, 0) is 0 Å². The predicted molar refractivity (Wildman–Crippen MR) is 76.2 cm³/mol. The van der Waals surface area contributed by atoms with E-state index in [1.54, 1.807) is 0 Å². The van der Waals surface area contributed by atoms with Crippen molar-refractivity contribution in [3.8, 4) is 0 Å². The highest BCUT2D eigenvalue weighted by Gasteiger charge is 2.28. The molecule has 1 saturated heterocycles. The largest absolute Gasteiger partial charge is 0.367 e. The lowest BCUT2D eigenvalue weighted by molar-refractivity contribution is 0.625. The van der Waals surface area contributed by atoms with E-state index in [0.717, 1.165) is 28.9 Å². The van der Waals surface area contributed by atoms with E-state index in [9.17, 15) is 0 Å². The highest BCUT2D eigenvalue weighted by Crippen LogP contribution is 2.31. The third-order valence-electron chi connectivity index (χ3n) is 3.81. The number of rotatable bonds is 1. The third-order valence-corrected chi connectivity index (χ3v) is 4.04. The Hall–Kier alpha value is -1.32. The standard InChI is InChI=1S/C14H16ClN3/c1-9-12(16)5-7-18(9)14-4-6-17-13-8-10(15)2-3-11(13)14/h2-4,6,8-9,12H,5,7,16H2,1H3. The lowest BCUT2D eigenvalue weighted by Gasteiger charge is -2.26. The zero-order valence-corrected chi connectivity index (χ0v) is 11.1. The van der Waals surface area contributed by atoms with Crippen molar-refractivity contribution in [1.82, 2.24) is 4.98 Å². The Balaban J connectivity index is 2.12. The molecule has 0 spiro atoms. The molecule has 1 aliphatic heterocycles. The van der Waals surface area contributed by atoms with Crippen LogP contribution in [0.4, 0.5) is 5.69 Å². The molecule has 94 valence electrons. The van der Waals surface area contributed by atoms with Crippen LogP contribution in [0.25, 0.3) is 10.9 Å². The molecule has 1 fully saturated rings. The van der Waals surface area contributed by atoms with Gasteiger partial charge in [0.2, 0.25) is 0 Å². The van der Waals surface area contributed by atoms with Crippen LogP contribution in [0.15, 0.2) is 30.5 Å². The molecule has 18 heavy (non-hydrogen) atoms. The molecule has 0 bridgehead atoms. The SMILES string of the molecule is CC1C(N)CCN1c1ccnc2cc(Cl)ccc12. The summed E-state index contributed by atoms with van der Waals surface area (Å²) in [6.07, 6.45) is 2.88. The molecule has 3 nitrogen and oxygen atoms in total. The van der Waals surface area contributed by atoms with Crippen LogP contribution in [0.3, 0.4) is 0 Å². The van der Waals surface area contributed by atoms with E-state index in [4.69, 9.17) is 17.3 Å². The topological polar surface area (TPSA) is 42.1 Å². The summed E-state index contributed by atoms with van der Waals surface area (Å²) < 4.78 is 0. The Labute approximate surface area is 112 Å². The van der Waals surface area contributed by atoms with Gasteiger partial charge in [-0.05, 0) is 37.6 Å². The number of nitrogens with two attached hydrogens (primary N) is 1. The zero-order chi connectivity index (χ0) is 12.7. The fourth-order valence-electron chi connectivity index (χ4n) is 2.66. The minimum absolute atomic E-state index is 0.250. The van der Waals surface area contributed by atoms with E-state index in [2.05, 4.69) is 22.9 Å². The van der Waals surface area contributed by atoms with Crippen molar-refractivity contribution in [3.05, 3.63) is 35.5 Å². The Bertz CT molecular complexity index is 584. The van der Waals surface area contributed by atoms with Gasteiger partial charge in [-0.2, -0.15) is 0 Å². The van der Waals surface area contributed by atoms with Crippen molar-refractivity contribution in [2.24, 2.45) is 5.73 Å². The maximum absolute atomic E-state index is 6.10. The molecule has 0 radical (unpaired) electrons. The number of aromatic nitrogens is 1. The van der Waals surface area contributed by atoms with E-state index in [-0.39, 0.29) is 6.04 Å². The number of hydrogen-bond acceptors (Lipinski definition) is 3. The molecule has 2 heterocycles. The summed E-state index contributed by atoms with van der Waals surface area (Å²) in [5.41, 5.74) is 8.24. The molecule has 1 aromatic heterocycles. The monoisotopic (exact) mass is 261 g/mol. The molecular formula is C14H16ClN3. The van der Waals surface area contributed by atoms with Gasteiger partial charge in [-0.15, -0.1) is 0 Å². The number of pyridine rings is 1. The summed E-state index contributed by atoms with van der Waals surface area (Å²) in [5.74, 6) is 0. The summed E-state index contributed by atoms with van der Waals surface area (Å²) in [5, 5.41) is 1.86. The highest BCUT2D eigenvalue weighted by molar-refractivity contribution is 6.31. The molecule has 2 atom stereocenters.